The molecule has 0 aliphatic heterocycles. The van der Waals surface area contributed by atoms with E-state index in [4.69, 9.17) is 40.6 Å². The second kappa shape index (κ2) is 6.12. The van der Waals surface area contributed by atoms with Gasteiger partial charge in [-0.15, -0.1) is 0 Å². The molecule has 2 aromatic carbocycles. The normalized spacial score (nSPS) is 12.5. The summed E-state index contributed by atoms with van der Waals surface area (Å²) in [5.41, 5.74) is 5.75. The summed E-state index contributed by atoms with van der Waals surface area (Å²) in [6.07, 6.45) is 0. The van der Waals surface area contributed by atoms with E-state index in [1.165, 1.54) is 0 Å². The van der Waals surface area contributed by atoms with Crippen LogP contribution in [0.5, 0.6) is 0 Å². The van der Waals surface area contributed by atoms with E-state index in [0.717, 1.165) is 16.7 Å². The average molecular weight is 316 g/mol. The summed E-state index contributed by atoms with van der Waals surface area (Å²) in [4.78, 5) is 0. The molecule has 0 aromatic heterocycles. The topological polar surface area (TPSA) is 38.0 Å². The van der Waals surface area contributed by atoms with Crippen LogP contribution in [0.4, 0.5) is 0 Å². The van der Waals surface area contributed by atoms with Crippen molar-refractivity contribution in [2.45, 2.75) is 13.0 Å². The van der Waals surface area contributed by atoms with Gasteiger partial charge in [0.25, 0.3) is 0 Å². The molecule has 2 aromatic rings. The SMILES string of the molecule is Cc1cc(Cl)cc(C(NN)c2ccc(Cl)c(Cl)c2)c1. The minimum atomic E-state index is -0.188. The molecular weight excluding hydrogens is 303 g/mol. The highest BCUT2D eigenvalue weighted by molar-refractivity contribution is 6.42. The zero-order valence-electron chi connectivity index (χ0n) is 10.3. The number of hydrazine groups is 1. The largest absolute Gasteiger partial charge is 0.271 e. The molecular formula is C14H13Cl3N2. The molecule has 5 heteroatoms. The molecule has 0 radical (unpaired) electrons. The van der Waals surface area contributed by atoms with Gasteiger partial charge in [0.15, 0.2) is 0 Å². The first-order chi connectivity index (χ1) is 9.01. The predicted octanol–water partition coefficient (Wildman–Crippen LogP) is 4.51. The van der Waals surface area contributed by atoms with Crippen molar-refractivity contribution in [1.29, 1.82) is 0 Å². The zero-order valence-corrected chi connectivity index (χ0v) is 12.5. The lowest BCUT2D eigenvalue weighted by Crippen LogP contribution is -2.28. The molecule has 0 amide bonds. The molecule has 0 bridgehead atoms. The van der Waals surface area contributed by atoms with Crippen molar-refractivity contribution in [2.75, 3.05) is 0 Å². The van der Waals surface area contributed by atoms with E-state index in [1.807, 2.05) is 31.2 Å². The molecule has 2 rings (SSSR count). The molecule has 0 heterocycles. The van der Waals surface area contributed by atoms with Crippen molar-refractivity contribution < 1.29 is 0 Å². The molecule has 0 saturated heterocycles. The third kappa shape index (κ3) is 3.41. The monoisotopic (exact) mass is 314 g/mol. The van der Waals surface area contributed by atoms with Gasteiger partial charge in [-0.25, -0.2) is 5.43 Å². The van der Waals surface area contributed by atoms with Gasteiger partial charge in [0.1, 0.15) is 0 Å². The van der Waals surface area contributed by atoms with Crippen molar-refractivity contribution >= 4 is 34.8 Å². The van der Waals surface area contributed by atoms with Gasteiger partial charge in [-0.05, 0) is 47.9 Å². The lowest BCUT2D eigenvalue weighted by molar-refractivity contribution is 0.636. The maximum atomic E-state index is 6.08. The third-order valence-corrected chi connectivity index (χ3v) is 3.80. The molecule has 0 aliphatic rings. The average Bonchev–Trinajstić information content (AvgIpc) is 2.33. The van der Waals surface area contributed by atoms with Crippen LogP contribution < -0.4 is 11.3 Å². The summed E-state index contributed by atoms with van der Waals surface area (Å²) in [5, 5.41) is 1.69. The predicted molar refractivity (Wildman–Crippen MR) is 81.8 cm³/mol. The van der Waals surface area contributed by atoms with E-state index in [2.05, 4.69) is 5.43 Å². The molecule has 19 heavy (non-hydrogen) atoms. The fourth-order valence-corrected chi connectivity index (χ4v) is 2.61. The maximum Gasteiger partial charge on any atom is 0.0711 e. The van der Waals surface area contributed by atoms with E-state index in [1.54, 1.807) is 12.1 Å². The van der Waals surface area contributed by atoms with Crippen molar-refractivity contribution in [2.24, 2.45) is 5.84 Å². The molecule has 3 N–H and O–H groups in total. The quantitative estimate of drug-likeness (QED) is 0.646. The minimum absolute atomic E-state index is 0.188. The number of benzene rings is 2. The molecule has 1 atom stereocenters. The highest BCUT2D eigenvalue weighted by atomic mass is 35.5. The van der Waals surface area contributed by atoms with Crippen LogP contribution >= 0.6 is 34.8 Å². The number of aryl methyl sites for hydroxylation is 1. The Morgan fingerprint density at radius 1 is 0.947 bits per heavy atom. The lowest BCUT2D eigenvalue weighted by Gasteiger charge is -2.18. The second-order valence-corrected chi connectivity index (χ2v) is 5.59. The Kier molecular flexibility index (Phi) is 4.71. The van der Waals surface area contributed by atoms with E-state index < -0.39 is 0 Å². The van der Waals surface area contributed by atoms with Crippen LogP contribution in [0.3, 0.4) is 0 Å². The maximum absolute atomic E-state index is 6.08. The van der Waals surface area contributed by atoms with Gasteiger partial charge in [-0.3, -0.25) is 5.84 Å². The van der Waals surface area contributed by atoms with Gasteiger partial charge < -0.3 is 0 Å². The highest BCUT2D eigenvalue weighted by Gasteiger charge is 2.14. The molecule has 0 aliphatic carbocycles. The smallest absolute Gasteiger partial charge is 0.0711 e. The first kappa shape index (κ1) is 14.6. The van der Waals surface area contributed by atoms with Crippen molar-refractivity contribution in [3.05, 3.63) is 68.2 Å². The Hall–Kier alpha value is -0.770. The third-order valence-electron chi connectivity index (χ3n) is 2.84. The fourth-order valence-electron chi connectivity index (χ4n) is 2.01. The first-order valence-electron chi connectivity index (χ1n) is 5.69. The van der Waals surface area contributed by atoms with Gasteiger partial charge in [-0.2, -0.15) is 0 Å². The Bertz CT molecular complexity index is 579. The molecule has 0 fully saturated rings. The van der Waals surface area contributed by atoms with Crippen LogP contribution in [0.15, 0.2) is 36.4 Å². The van der Waals surface area contributed by atoms with Crippen LogP contribution in [-0.2, 0) is 0 Å². The van der Waals surface area contributed by atoms with Gasteiger partial charge >= 0.3 is 0 Å². The van der Waals surface area contributed by atoms with Crippen molar-refractivity contribution in [3.63, 3.8) is 0 Å². The van der Waals surface area contributed by atoms with Gasteiger partial charge in [0.05, 0.1) is 16.1 Å². The zero-order chi connectivity index (χ0) is 14.0. The van der Waals surface area contributed by atoms with Crippen LogP contribution in [0.2, 0.25) is 15.1 Å². The van der Waals surface area contributed by atoms with E-state index >= 15 is 0 Å². The summed E-state index contributed by atoms with van der Waals surface area (Å²) in [6, 6.07) is 11.0. The summed E-state index contributed by atoms with van der Waals surface area (Å²) in [7, 11) is 0. The fraction of sp³-hybridized carbons (Fsp3) is 0.143. The number of nitrogens with two attached hydrogens (primary N) is 1. The summed E-state index contributed by atoms with van der Waals surface area (Å²) >= 11 is 18.0. The Labute approximate surface area is 127 Å². The highest BCUT2D eigenvalue weighted by Crippen LogP contribution is 2.30. The van der Waals surface area contributed by atoms with E-state index in [-0.39, 0.29) is 6.04 Å². The Morgan fingerprint density at radius 2 is 1.68 bits per heavy atom. The lowest BCUT2D eigenvalue weighted by atomic mass is 9.98. The standard InChI is InChI=1S/C14H13Cl3N2/c1-8-4-10(6-11(15)5-8)14(19-18)9-2-3-12(16)13(17)7-9/h2-7,14,19H,18H2,1H3. The van der Waals surface area contributed by atoms with Gasteiger partial charge in [0.2, 0.25) is 0 Å². The van der Waals surface area contributed by atoms with E-state index in [0.29, 0.717) is 15.1 Å². The first-order valence-corrected chi connectivity index (χ1v) is 6.83. The van der Waals surface area contributed by atoms with Crippen LogP contribution in [0, 0.1) is 6.92 Å². The van der Waals surface area contributed by atoms with Crippen LogP contribution in [0.1, 0.15) is 22.7 Å². The van der Waals surface area contributed by atoms with Gasteiger partial charge in [0, 0.05) is 5.02 Å². The number of rotatable bonds is 3. The number of halogens is 3. The van der Waals surface area contributed by atoms with Crippen LogP contribution in [0.25, 0.3) is 0 Å². The van der Waals surface area contributed by atoms with Gasteiger partial charge in [-0.1, -0.05) is 46.9 Å². The molecule has 0 saturated carbocycles. The summed E-state index contributed by atoms with van der Waals surface area (Å²) in [5.74, 6) is 5.66. The molecule has 2 nitrogen and oxygen atoms in total. The minimum Gasteiger partial charge on any atom is -0.271 e. The van der Waals surface area contributed by atoms with Crippen molar-refractivity contribution in [1.82, 2.24) is 5.43 Å². The number of hydrogen-bond acceptors (Lipinski definition) is 2. The number of hydrogen-bond donors (Lipinski definition) is 2. The molecule has 100 valence electrons. The Balaban J connectivity index is 2.46. The van der Waals surface area contributed by atoms with Crippen molar-refractivity contribution in [3.8, 4) is 0 Å². The molecule has 0 spiro atoms. The molecule has 1 unspecified atom stereocenters. The Morgan fingerprint density at radius 3 is 2.26 bits per heavy atom. The summed E-state index contributed by atoms with van der Waals surface area (Å²) in [6.45, 7) is 1.98. The summed E-state index contributed by atoms with van der Waals surface area (Å²) < 4.78 is 0. The second-order valence-electron chi connectivity index (χ2n) is 4.34. The van der Waals surface area contributed by atoms with Crippen LogP contribution in [-0.4, -0.2) is 0 Å². The number of nitrogens with one attached hydrogen (secondary N) is 1. The van der Waals surface area contributed by atoms with E-state index in [9.17, 15) is 0 Å².